The van der Waals surface area contributed by atoms with Crippen molar-refractivity contribution in [2.75, 3.05) is 43.8 Å². The fraction of sp³-hybridized carbons (Fsp3) is 0.357. The summed E-state index contributed by atoms with van der Waals surface area (Å²) in [4.78, 5) is 2.19. The number of ether oxygens (including phenoxy) is 1. The van der Waals surface area contributed by atoms with Crippen LogP contribution in [0.15, 0.2) is 78.9 Å². The lowest BCUT2D eigenvalue weighted by molar-refractivity contribution is 0.0804. The largest absolute Gasteiger partial charge is 0.496 e. The Bertz CT molecular complexity index is 1180. The van der Waals surface area contributed by atoms with Crippen molar-refractivity contribution in [2.24, 2.45) is 0 Å². The van der Waals surface area contributed by atoms with Crippen LogP contribution in [-0.4, -0.2) is 58.0 Å². The second kappa shape index (κ2) is 11.7. The molecule has 0 spiro atoms. The van der Waals surface area contributed by atoms with E-state index in [2.05, 4.69) is 18.7 Å². The van der Waals surface area contributed by atoms with Crippen molar-refractivity contribution in [3.63, 3.8) is 0 Å². The van der Waals surface area contributed by atoms with Crippen LogP contribution in [0, 0.1) is 0 Å². The van der Waals surface area contributed by atoms with E-state index in [-0.39, 0.29) is 0 Å². The van der Waals surface area contributed by atoms with E-state index >= 15 is 0 Å². The van der Waals surface area contributed by atoms with E-state index in [1.54, 1.807) is 19.2 Å². The number of methoxy groups -OCH3 is 1. The van der Waals surface area contributed by atoms with Crippen molar-refractivity contribution < 1.29 is 18.3 Å². The van der Waals surface area contributed by atoms with E-state index in [0.29, 0.717) is 36.5 Å². The van der Waals surface area contributed by atoms with Gasteiger partial charge in [-0.3, -0.25) is 4.31 Å². The average molecular weight is 497 g/mol. The minimum atomic E-state index is -3.46. The Balaban J connectivity index is 1.99. The van der Waals surface area contributed by atoms with Crippen molar-refractivity contribution in [3.8, 4) is 5.75 Å². The molecule has 3 aromatic carbocycles. The van der Waals surface area contributed by atoms with Crippen LogP contribution in [0.2, 0.25) is 0 Å². The summed E-state index contributed by atoms with van der Waals surface area (Å²) in [5.74, 6) is 0.707. The van der Waals surface area contributed by atoms with E-state index in [0.717, 1.165) is 24.2 Å². The number of aliphatic hydroxyl groups is 1. The molecular weight excluding hydrogens is 460 g/mol. The van der Waals surface area contributed by atoms with Gasteiger partial charge in [-0.25, -0.2) is 8.42 Å². The smallest absolute Gasteiger partial charge is 0.232 e. The van der Waals surface area contributed by atoms with Gasteiger partial charge < -0.3 is 14.7 Å². The normalized spacial score (nSPS) is 13.4. The highest BCUT2D eigenvalue weighted by Gasteiger charge is 2.33. The molecule has 0 aliphatic carbocycles. The van der Waals surface area contributed by atoms with Crippen molar-refractivity contribution in [1.82, 2.24) is 4.90 Å². The van der Waals surface area contributed by atoms with Crippen LogP contribution in [0.4, 0.5) is 5.69 Å². The molecule has 3 aromatic rings. The first-order valence-electron chi connectivity index (χ1n) is 11.9. The number of sulfonamides is 1. The van der Waals surface area contributed by atoms with Gasteiger partial charge in [-0.1, -0.05) is 74.5 Å². The summed E-state index contributed by atoms with van der Waals surface area (Å²) in [6.45, 7) is 6.86. The monoisotopic (exact) mass is 496 g/mol. The molecule has 0 aromatic heterocycles. The minimum Gasteiger partial charge on any atom is -0.496 e. The van der Waals surface area contributed by atoms with Crippen LogP contribution in [-0.2, 0) is 22.0 Å². The summed E-state index contributed by atoms with van der Waals surface area (Å²) in [6.07, 6.45) is 1.53. The highest BCUT2D eigenvalue weighted by Crippen LogP contribution is 2.36. The number of nitrogens with zero attached hydrogens (tertiary/aromatic N) is 2. The van der Waals surface area contributed by atoms with Crippen LogP contribution in [0.3, 0.4) is 0 Å². The lowest BCUT2D eigenvalue weighted by Crippen LogP contribution is -2.38. The fourth-order valence-electron chi connectivity index (χ4n) is 4.37. The number of hydrogen-bond acceptors (Lipinski definition) is 5. The molecule has 3 rings (SSSR count). The van der Waals surface area contributed by atoms with Crippen LogP contribution < -0.4 is 9.04 Å². The summed E-state index contributed by atoms with van der Waals surface area (Å²) in [5, 5.41) is 12.1. The van der Waals surface area contributed by atoms with E-state index < -0.39 is 15.6 Å². The SMILES string of the molecule is CCN(CC)CCN(c1ccc(C(O)(Cc2ccccc2OC)c2ccccc2)cc1)S(C)(=O)=O. The zero-order valence-electron chi connectivity index (χ0n) is 21.0. The summed E-state index contributed by atoms with van der Waals surface area (Å²) >= 11 is 0. The van der Waals surface area contributed by atoms with Gasteiger partial charge in [0.1, 0.15) is 11.4 Å². The predicted octanol–water partition coefficient (Wildman–Crippen LogP) is 4.28. The molecule has 0 aliphatic rings. The van der Waals surface area contributed by atoms with Crippen LogP contribution in [0.25, 0.3) is 0 Å². The third-order valence-electron chi connectivity index (χ3n) is 6.44. The Morgan fingerprint density at radius 3 is 1.97 bits per heavy atom. The molecule has 0 amide bonds. The van der Waals surface area contributed by atoms with Crippen LogP contribution in [0.5, 0.6) is 5.75 Å². The number of likely N-dealkylation sites (N-methyl/N-ethyl adjacent to an activating group) is 1. The van der Waals surface area contributed by atoms with Gasteiger partial charge in [0.25, 0.3) is 0 Å². The Labute approximate surface area is 209 Å². The molecule has 0 heterocycles. The quantitative estimate of drug-likeness (QED) is 0.405. The maximum Gasteiger partial charge on any atom is 0.232 e. The van der Waals surface area contributed by atoms with Gasteiger partial charge in [0.15, 0.2) is 0 Å². The van der Waals surface area contributed by atoms with Crippen molar-refractivity contribution in [3.05, 3.63) is 95.6 Å². The molecule has 0 fully saturated rings. The maximum atomic E-state index is 12.6. The molecule has 35 heavy (non-hydrogen) atoms. The molecule has 1 atom stereocenters. The minimum absolute atomic E-state index is 0.304. The Hall–Kier alpha value is -2.87. The highest BCUT2D eigenvalue weighted by atomic mass is 32.2. The van der Waals surface area contributed by atoms with E-state index in [9.17, 15) is 13.5 Å². The van der Waals surface area contributed by atoms with Crippen LogP contribution >= 0.6 is 0 Å². The van der Waals surface area contributed by atoms with E-state index in [4.69, 9.17) is 4.74 Å². The molecular formula is C28H36N2O4S. The number of para-hydroxylation sites is 1. The van der Waals surface area contributed by atoms with Crippen molar-refractivity contribution in [2.45, 2.75) is 25.9 Å². The Morgan fingerprint density at radius 2 is 1.40 bits per heavy atom. The molecule has 0 radical (unpaired) electrons. The van der Waals surface area contributed by atoms with Gasteiger partial charge in [0.2, 0.25) is 10.0 Å². The zero-order chi connectivity index (χ0) is 25.5. The second-order valence-electron chi connectivity index (χ2n) is 8.62. The fourth-order valence-corrected chi connectivity index (χ4v) is 5.29. The third kappa shape index (κ3) is 6.42. The summed E-state index contributed by atoms with van der Waals surface area (Å²) in [6, 6.07) is 24.3. The Kier molecular flexibility index (Phi) is 8.94. The number of benzene rings is 3. The van der Waals surface area contributed by atoms with E-state index in [1.165, 1.54) is 10.6 Å². The molecule has 1 N–H and O–H groups in total. The highest BCUT2D eigenvalue weighted by molar-refractivity contribution is 7.92. The molecule has 0 saturated carbocycles. The zero-order valence-corrected chi connectivity index (χ0v) is 21.8. The van der Waals surface area contributed by atoms with Crippen molar-refractivity contribution in [1.29, 1.82) is 0 Å². The summed E-state index contributed by atoms with van der Waals surface area (Å²) in [7, 11) is -1.84. The van der Waals surface area contributed by atoms with Crippen LogP contribution in [0.1, 0.15) is 30.5 Å². The molecule has 0 aliphatic heterocycles. The van der Waals surface area contributed by atoms with Gasteiger partial charge in [0, 0.05) is 19.5 Å². The maximum absolute atomic E-state index is 12.6. The Morgan fingerprint density at radius 1 is 0.829 bits per heavy atom. The number of hydrogen-bond donors (Lipinski definition) is 1. The molecule has 6 nitrogen and oxygen atoms in total. The summed E-state index contributed by atoms with van der Waals surface area (Å²) in [5.41, 5.74) is 1.56. The second-order valence-corrected chi connectivity index (χ2v) is 10.5. The topological polar surface area (TPSA) is 70.1 Å². The first-order chi connectivity index (χ1) is 16.7. The average Bonchev–Trinajstić information content (AvgIpc) is 2.87. The molecule has 188 valence electrons. The number of rotatable bonds is 12. The first-order valence-corrected chi connectivity index (χ1v) is 13.8. The molecule has 0 bridgehead atoms. The molecule has 1 unspecified atom stereocenters. The number of anilines is 1. The van der Waals surface area contributed by atoms with Gasteiger partial charge >= 0.3 is 0 Å². The van der Waals surface area contributed by atoms with Gasteiger partial charge in [-0.15, -0.1) is 0 Å². The molecule has 7 heteroatoms. The first kappa shape index (κ1) is 26.7. The predicted molar refractivity (Wildman–Crippen MR) is 143 cm³/mol. The van der Waals surface area contributed by atoms with Gasteiger partial charge in [-0.05, 0) is 48.0 Å². The lowest BCUT2D eigenvalue weighted by Gasteiger charge is -2.31. The lowest BCUT2D eigenvalue weighted by atomic mass is 9.81. The standard InChI is InChI=1S/C28H36N2O4S/c1-5-29(6-2)20-21-30(35(4,32)33)26-18-16-25(17-19-26)28(31,24-13-8-7-9-14-24)22-23-12-10-11-15-27(23)34-3/h7-19,31H,5-6,20-22H2,1-4H3. The summed E-state index contributed by atoms with van der Waals surface area (Å²) < 4.78 is 32.1. The van der Waals surface area contributed by atoms with E-state index in [1.807, 2.05) is 66.7 Å². The van der Waals surface area contributed by atoms with Gasteiger partial charge in [-0.2, -0.15) is 0 Å². The van der Waals surface area contributed by atoms with Crippen molar-refractivity contribution >= 4 is 15.7 Å². The van der Waals surface area contributed by atoms with Gasteiger partial charge in [0.05, 0.1) is 19.1 Å². The third-order valence-corrected chi connectivity index (χ3v) is 7.63. The molecule has 0 saturated heterocycles.